The van der Waals surface area contributed by atoms with Crippen LogP contribution in [0.15, 0.2) is 4.52 Å². The molecule has 3 rings (SSSR count). The fourth-order valence-electron chi connectivity index (χ4n) is 4.75. The Bertz CT molecular complexity index is 713. The third-order valence-electron chi connectivity index (χ3n) is 6.35. The van der Waals surface area contributed by atoms with Crippen molar-refractivity contribution in [1.82, 2.24) is 15.0 Å². The van der Waals surface area contributed by atoms with E-state index in [4.69, 9.17) is 9.26 Å². The number of likely N-dealkylation sites (tertiary alicyclic amines) is 1. The molecule has 0 unspecified atom stereocenters. The molecular formula is C24H39N3O4. The first kappa shape index (κ1) is 23.7. The summed E-state index contributed by atoms with van der Waals surface area (Å²) in [5.74, 6) is 0.627. The highest BCUT2D eigenvalue weighted by atomic mass is 16.6. The summed E-state index contributed by atoms with van der Waals surface area (Å²) in [6.07, 6.45) is 13.0. The molecule has 1 aliphatic carbocycles. The van der Waals surface area contributed by atoms with Gasteiger partial charge >= 0.3 is 5.97 Å². The lowest BCUT2D eigenvalue weighted by atomic mass is 9.84. The molecule has 1 aromatic heterocycles. The summed E-state index contributed by atoms with van der Waals surface area (Å²) in [6, 6.07) is 0. The zero-order valence-corrected chi connectivity index (χ0v) is 19.5. The van der Waals surface area contributed by atoms with Gasteiger partial charge in [0.15, 0.2) is 0 Å². The molecule has 1 amide bonds. The van der Waals surface area contributed by atoms with Gasteiger partial charge in [-0.1, -0.05) is 50.1 Å². The van der Waals surface area contributed by atoms with Crippen molar-refractivity contribution in [2.45, 2.75) is 109 Å². The fraction of sp³-hybridized carbons (Fsp3) is 0.833. The monoisotopic (exact) mass is 433 g/mol. The Hall–Kier alpha value is -1.92. The SMILES string of the molecule is CC(C)(C)OC(=O)C[C@@H](CCCC1CCCCC1)c1nc(C(=O)N2CCCCC2)no1. The minimum Gasteiger partial charge on any atom is -0.460 e. The maximum Gasteiger partial charge on any atom is 0.307 e. The number of esters is 1. The number of nitrogens with zero attached hydrogens (tertiary/aromatic N) is 3. The smallest absolute Gasteiger partial charge is 0.307 e. The number of piperidine rings is 1. The van der Waals surface area contributed by atoms with Gasteiger partial charge in [0.05, 0.1) is 6.42 Å². The summed E-state index contributed by atoms with van der Waals surface area (Å²) in [6.45, 7) is 7.08. The van der Waals surface area contributed by atoms with Crippen LogP contribution < -0.4 is 0 Å². The van der Waals surface area contributed by atoms with Crippen LogP contribution in [-0.2, 0) is 9.53 Å². The third kappa shape index (κ3) is 7.62. The van der Waals surface area contributed by atoms with Crippen LogP contribution in [-0.4, -0.2) is 45.6 Å². The van der Waals surface area contributed by atoms with Crippen LogP contribution in [0.1, 0.15) is 120 Å². The van der Waals surface area contributed by atoms with Crippen molar-refractivity contribution in [3.05, 3.63) is 11.7 Å². The lowest BCUT2D eigenvalue weighted by Gasteiger charge is -2.25. The van der Waals surface area contributed by atoms with E-state index < -0.39 is 5.60 Å². The Morgan fingerprint density at radius 1 is 1.10 bits per heavy atom. The molecular weight excluding hydrogens is 394 g/mol. The molecule has 0 aromatic carbocycles. The van der Waals surface area contributed by atoms with Gasteiger partial charge in [-0.05, 0) is 52.4 Å². The molecule has 2 fully saturated rings. The van der Waals surface area contributed by atoms with Gasteiger partial charge in [0.1, 0.15) is 5.60 Å². The third-order valence-corrected chi connectivity index (χ3v) is 6.35. The first-order chi connectivity index (χ1) is 14.8. The Kier molecular flexibility index (Phi) is 8.50. The molecule has 1 saturated carbocycles. The van der Waals surface area contributed by atoms with Gasteiger partial charge in [-0.15, -0.1) is 0 Å². The maximum absolute atomic E-state index is 12.7. The van der Waals surface area contributed by atoms with Crippen molar-refractivity contribution < 1.29 is 18.8 Å². The van der Waals surface area contributed by atoms with Gasteiger partial charge < -0.3 is 14.2 Å². The van der Waals surface area contributed by atoms with Gasteiger partial charge in [0.2, 0.25) is 5.89 Å². The number of rotatable bonds is 8. The van der Waals surface area contributed by atoms with Gasteiger partial charge in [-0.2, -0.15) is 4.98 Å². The minimum absolute atomic E-state index is 0.110. The Morgan fingerprint density at radius 3 is 2.45 bits per heavy atom. The lowest BCUT2D eigenvalue weighted by molar-refractivity contribution is -0.155. The number of amides is 1. The van der Waals surface area contributed by atoms with Gasteiger partial charge in [-0.3, -0.25) is 9.59 Å². The molecule has 0 N–H and O–H groups in total. The first-order valence-corrected chi connectivity index (χ1v) is 12.2. The molecule has 1 aliphatic heterocycles. The molecule has 31 heavy (non-hydrogen) atoms. The van der Waals surface area contributed by atoms with E-state index in [1.165, 1.54) is 38.5 Å². The van der Waals surface area contributed by atoms with E-state index in [1.807, 2.05) is 20.8 Å². The van der Waals surface area contributed by atoms with Crippen molar-refractivity contribution in [2.24, 2.45) is 5.92 Å². The van der Waals surface area contributed by atoms with Crippen LogP contribution >= 0.6 is 0 Å². The standard InChI is InChI=1S/C24H39N3O4/c1-24(2,3)30-20(28)17-19(14-10-13-18-11-6-4-7-12-18)22-25-21(26-31-22)23(29)27-15-8-5-9-16-27/h18-19H,4-17H2,1-3H3/t19-/m1/s1. The van der Waals surface area contributed by atoms with Crippen LogP contribution in [0, 0.1) is 5.92 Å². The van der Waals surface area contributed by atoms with Crippen molar-refractivity contribution in [3.8, 4) is 0 Å². The largest absolute Gasteiger partial charge is 0.460 e. The van der Waals surface area contributed by atoms with Crippen molar-refractivity contribution in [3.63, 3.8) is 0 Å². The van der Waals surface area contributed by atoms with Gasteiger partial charge in [-0.25, -0.2) is 0 Å². The molecule has 1 saturated heterocycles. The van der Waals surface area contributed by atoms with E-state index in [0.29, 0.717) is 5.89 Å². The highest BCUT2D eigenvalue weighted by molar-refractivity contribution is 5.90. The van der Waals surface area contributed by atoms with Crippen molar-refractivity contribution >= 4 is 11.9 Å². The van der Waals surface area contributed by atoms with Gasteiger partial charge in [0, 0.05) is 19.0 Å². The molecule has 0 bridgehead atoms. The predicted molar refractivity (Wildman–Crippen MR) is 118 cm³/mol. The first-order valence-electron chi connectivity index (χ1n) is 12.2. The number of carbonyl (C=O) groups is 2. The minimum atomic E-state index is -0.534. The zero-order valence-electron chi connectivity index (χ0n) is 19.5. The van der Waals surface area contributed by atoms with E-state index >= 15 is 0 Å². The number of ether oxygens (including phenoxy) is 1. The summed E-state index contributed by atoms with van der Waals surface area (Å²) in [5, 5.41) is 3.96. The van der Waals surface area contributed by atoms with E-state index in [0.717, 1.165) is 51.1 Å². The summed E-state index contributed by atoms with van der Waals surface area (Å²) in [7, 11) is 0. The summed E-state index contributed by atoms with van der Waals surface area (Å²) >= 11 is 0. The van der Waals surface area contributed by atoms with E-state index in [2.05, 4.69) is 10.1 Å². The van der Waals surface area contributed by atoms with Crippen LogP contribution in [0.5, 0.6) is 0 Å². The maximum atomic E-state index is 12.7. The van der Waals surface area contributed by atoms with E-state index in [-0.39, 0.29) is 30.0 Å². The highest BCUT2D eigenvalue weighted by Crippen LogP contribution is 2.31. The second-order valence-corrected chi connectivity index (χ2v) is 10.2. The molecule has 0 radical (unpaired) electrons. The molecule has 1 aromatic rings. The zero-order chi connectivity index (χ0) is 22.3. The number of carbonyl (C=O) groups excluding carboxylic acids is 2. The van der Waals surface area contributed by atoms with Crippen LogP contribution in [0.25, 0.3) is 0 Å². The second-order valence-electron chi connectivity index (χ2n) is 10.2. The number of aromatic nitrogens is 2. The van der Waals surface area contributed by atoms with Crippen molar-refractivity contribution in [2.75, 3.05) is 13.1 Å². The van der Waals surface area contributed by atoms with Gasteiger partial charge in [0.25, 0.3) is 11.7 Å². The second kappa shape index (κ2) is 11.1. The average Bonchev–Trinajstić information content (AvgIpc) is 3.23. The van der Waals surface area contributed by atoms with Crippen molar-refractivity contribution in [1.29, 1.82) is 0 Å². The number of hydrogen-bond acceptors (Lipinski definition) is 6. The molecule has 7 nitrogen and oxygen atoms in total. The molecule has 174 valence electrons. The molecule has 0 spiro atoms. The quantitative estimate of drug-likeness (QED) is 0.520. The van der Waals surface area contributed by atoms with E-state index in [9.17, 15) is 9.59 Å². The predicted octanol–water partition coefficient (Wildman–Crippen LogP) is 5.26. The lowest BCUT2D eigenvalue weighted by Crippen LogP contribution is -2.36. The Labute approximate surface area is 186 Å². The normalized spacial score (nSPS) is 19.3. The molecule has 7 heteroatoms. The Balaban J connectivity index is 1.63. The number of hydrogen-bond donors (Lipinski definition) is 0. The molecule has 2 heterocycles. The molecule has 2 aliphatic rings. The summed E-state index contributed by atoms with van der Waals surface area (Å²) in [5.41, 5.74) is -0.534. The van der Waals surface area contributed by atoms with Crippen LogP contribution in [0.3, 0.4) is 0 Å². The highest BCUT2D eigenvalue weighted by Gasteiger charge is 2.29. The molecule has 1 atom stereocenters. The summed E-state index contributed by atoms with van der Waals surface area (Å²) in [4.78, 5) is 31.4. The average molecular weight is 434 g/mol. The summed E-state index contributed by atoms with van der Waals surface area (Å²) < 4.78 is 11.0. The topological polar surface area (TPSA) is 85.5 Å². The van der Waals surface area contributed by atoms with Crippen LogP contribution in [0.2, 0.25) is 0 Å². The van der Waals surface area contributed by atoms with Crippen LogP contribution in [0.4, 0.5) is 0 Å². The Morgan fingerprint density at radius 2 is 1.77 bits per heavy atom. The van der Waals surface area contributed by atoms with E-state index in [1.54, 1.807) is 4.90 Å². The fourth-order valence-corrected chi connectivity index (χ4v) is 4.75.